The zero-order valence-corrected chi connectivity index (χ0v) is 11.1. The molecule has 0 saturated heterocycles. The van der Waals surface area contributed by atoms with Crippen LogP contribution in [0.15, 0.2) is 42.9 Å². The SMILES string of the molecule is Nc1ncc(Cl)c(Nc2ccccc2-c2ncc[nH]2)n1. The number of H-pyrrole nitrogens is 1. The summed E-state index contributed by atoms with van der Waals surface area (Å²) in [5.74, 6) is 1.37. The number of nitrogens with zero attached hydrogens (tertiary/aromatic N) is 3. The lowest BCUT2D eigenvalue weighted by Gasteiger charge is -2.11. The molecule has 6 nitrogen and oxygen atoms in total. The fourth-order valence-electron chi connectivity index (χ4n) is 1.81. The minimum atomic E-state index is 0.160. The summed E-state index contributed by atoms with van der Waals surface area (Å²) in [6.07, 6.45) is 4.92. The average molecular weight is 287 g/mol. The monoisotopic (exact) mass is 286 g/mol. The predicted octanol–water partition coefficient (Wildman–Crippen LogP) is 2.85. The lowest BCUT2D eigenvalue weighted by molar-refractivity contribution is 1.18. The van der Waals surface area contributed by atoms with Crippen LogP contribution in [0.4, 0.5) is 17.5 Å². The number of benzene rings is 1. The zero-order chi connectivity index (χ0) is 13.9. The molecule has 7 heteroatoms. The number of aromatic nitrogens is 4. The highest BCUT2D eigenvalue weighted by Gasteiger charge is 2.10. The molecule has 0 unspecified atom stereocenters. The van der Waals surface area contributed by atoms with Gasteiger partial charge in [-0.3, -0.25) is 0 Å². The summed E-state index contributed by atoms with van der Waals surface area (Å²) in [6.45, 7) is 0. The van der Waals surface area contributed by atoms with Gasteiger partial charge < -0.3 is 16.0 Å². The highest BCUT2D eigenvalue weighted by atomic mass is 35.5. The van der Waals surface area contributed by atoms with Crippen molar-refractivity contribution in [2.24, 2.45) is 0 Å². The van der Waals surface area contributed by atoms with Gasteiger partial charge in [0.25, 0.3) is 0 Å². The minimum absolute atomic E-state index is 0.160. The van der Waals surface area contributed by atoms with E-state index >= 15 is 0 Å². The Balaban J connectivity index is 2.01. The summed E-state index contributed by atoms with van der Waals surface area (Å²) < 4.78 is 0. The van der Waals surface area contributed by atoms with E-state index in [1.165, 1.54) is 6.20 Å². The summed E-state index contributed by atoms with van der Waals surface area (Å²) in [5, 5.41) is 3.54. The van der Waals surface area contributed by atoms with Gasteiger partial charge in [0.1, 0.15) is 10.8 Å². The van der Waals surface area contributed by atoms with Crippen LogP contribution < -0.4 is 11.1 Å². The molecule has 0 fully saturated rings. The molecule has 3 aromatic rings. The molecule has 0 aliphatic rings. The van der Waals surface area contributed by atoms with Crippen LogP contribution in [0.5, 0.6) is 0 Å². The Bertz CT molecular complexity index is 725. The van der Waals surface area contributed by atoms with Crippen molar-refractivity contribution in [3.8, 4) is 11.4 Å². The number of nitrogens with one attached hydrogen (secondary N) is 2. The van der Waals surface area contributed by atoms with E-state index in [1.807, 2.05) is 24.3 Å². The van der Waals surface area contributed by atoms with Gasteiger partial charge in [-0.05, 0) is 12.1 Å². The Morgan fingerprint density at radius 1 is 1.20 bits per heavy atom. The first kappa shape index (κ1) is 12.4. The lowest BCUT2D eigenvalue weighted by atomic mass is 10.1. The molecule has 2 heterocycles. The van der Waals surface area contributed by atoms with E-state index in [-0.39, 0.29) is 5.95 Å². The number of anilines is 3. The maximum Gasteiger partial charge on any atom is 0.222 e. The van der Waals surface area contributed by atoms with Gasteiger partial charge in [0.05, 0.1) is 11.9 Å². The van der Waals surface area contributed by atoms with Crippen molar-refractivity contribution in [2.45, 2.75) is 0 Å². The van der Waals surface area contributed by atoms with Gasteiger partial charge in [-0.2, -0.15) is 4.98 Å². The summed E-state index contributed by atoms with van der Waals surface area (Å²) in [4.78, 5) is 15.2. The van der Waals surface area contributed by atoms with Crippen LogP contribution in [0, 0.1) is 0 Å². The fourth-order valence-corrected chi connectivity index (χ4v) is 1.95. The van der Waals surface area contributed by atoms with Gasteiger partial charge in [0, 0.05) is 18.0 Å². The predicted molar refractivity (Wildman–Crippen MR) is 78.8 cm³/mol. The van der Waals surface area contributed by atoms with Crippen molar-refractivity contribution in [1.82, 2.24) is 19.9 Å². The molecule has 0 saturated carbocycles. The molecule has 0 amide bonds. The summed E-state index contributed by atoms with van der Waals surface area (Å²) >= 11 is 6.06. The van der Waals surface area contributed by atoms with Crippen LogP contribution in [0.25, 0.3) is 11.4 Å². The summed E-state index contributed by atoms with van der Waals surface area (Å²) in [6, 6.07) is 7.69. The van der Waals surface area contributed by atoms with Crippen molar-refractivity contribution < 1.29 is 0 Å². The number of nitrogen functional groups attached to an aromatic ring is 1. The van der Waals surface area contributed by atoms with E-state index in [0.717, 1.165) is 17.1 Å². The van der Waals surface area contributed by atoms with Crippen LogP contribution in [0.3, 0.4) is 0 Å². The van der Waals surface area contributed by atoms with Gasteiger partial charge in [-0.1, -0.05) is 23.7 Å². The molecule has 0 atom stereocenters. The second-order valence-electron chi connectivity index (χ2n) is 4.03. The quantitative estimate of drug-likeness (QED) is 0.688. The molecule has 1 aromatic carbocycles. The van der Waals surface area contributed by atoms with Crippen LogP contribution in [0.1, 0.15) is 0 Å². The maximum atomic E-state index is 6.06. The van der Waals surface area contributed by atoms with Crippen molar-refractivity contribution in [1.29, 1.82) is 0 Å². The third-order valence-corrected chi connectivity index (χ3v) is 2.97. The molecule has 4 N–H and O–H groups in total. The molecule has 0 aliphatic heterocycles. The third-order valence-electron chi connectivity index (χ3n) is 2.70. The van der Waals surface area contributed by atoms with Gasteiger partial charge in [-0.15, -0.1) is 0 Å². The molecule has 0 bridgehead atoms. The molecule has 3 rings (SSSR count). The van der Waals surface area contributed by atoms with Crippen LogP contribution in [-0.4, -0.2) is 19.9 Å². The number of rotatable bonds is 3. The van der Waals surface area contributed by atoms with E-state index in [2.05, 4.69) is 25.3 Å². The fraction of sp³-hybridized carbons (Fsp3) is 0. The molecule has 100 valence electrons. The Labute approximate surface area is 120 Å². The van der Waals surface area contributed by atoms with E-state index in [4.69, 9.17) is 17.3 Å². The number of hydrogen-bond donors (Lipinski definition) is 3. The average Bonchev–Trinajstić information content (AvgIpc) is 2.97. The topological polar surface area (TPSA) is 92.5 Å². The first-order chi connectivity index (χ1) is 9.74. The summed E-state index contributed by atoms with van der Waals surface area (Å²) in [5.41, 5.74) is 7.30. The van der Waals surface area contributed by atoms with Gasteiger partial charge >= 0.3 is 0 Å². The Morgan fingerprint density at radius 2 is 2.05 bits per heavy atom. The first-order valence-corrected chi connectivity index (χ1v) is 6.25. The molecular formula is C13H11ClN6. The standard InChI is InChI=1S/C13H11ClN6/c14-9-7-18-13(15)20-12(9)19-10-4-2-1-3-8(10)11-16-5-6-17-11/h1-7H,(H,16,17)(H3,15,18,19,20). The van der Waals surface area contributed by atoms with Crippen LogP contribution in [-0.2, 0) is 0 Å². The molecule has 0 aliphatic carbocycles. The smallest absolute Gasteiger partial charge is 0.222 e. The Morgan fingerprint density at radius 3 is 2.85 bits per heavy atom. The number of imidazole rings is 1. The molecule has 0 spiro atoms. The van der Waals surface area contributed by atoms with Crippen LogP contribution in [0.2, 0.25) is 5.02 Å². The number of nitrogens with two attached hydrogens (primary N) is 1. The van der Waals surface area contributed by atoms with E-state index in [0.29, 0.717) is 10.8 Å². The van der Waals surface area contributed by atoms with Crippen molar-refractivity contribution in [3.05, 3.63) is 47.9 Å². The van der Waals surface area contributed by atoms with E-state index in [1.54, 1.807) is 12.4 Å². The number of para-hydroxylation sites is 1. The van der Waals surface area contributed by atoms with Crippen molar-refractivity contribution in [3.63, 3.8) is 0 Å². The molecular weight excluding hydrogens is 276 g/mol. The maximum absolute atomic E-state index is 6.06. The Kier molecular flexibility index (Phi) is 3.22. The normalized spacial score (nSPS) is 10.4. The Hall–Kier alpha value is -2.60. The minimum Gasteiger partial charge on any atom is -0.368 e. The first-order valence-electron chi connectivity index (χ1n) is 5.88. The number of hydrogen-bond acceptors (Lipinski definition) is 5. The zero-order valence-electron chi connectivity index (χ0n) is 10.3. The largest absolute Gasteiger partial charge is 0.368 e. The lowest BCUT2D eigenvalue weighted by Crippen LogP contribution is -2.01. The van der Waals surface area contributed by atoms with Crippen LogP contribution >= 0.6 is 11.6 Å². The van der Waals surface area contributed by atoms with E-state index < -0.39 is 0 Å². The molecule has 20 heavy (non-hydrogen) atoms. The van der Waals surface area contributed by atoms with Gasteiger partial charge in [0.2, 0.25) is 5.95 Å². The number of aromatic amines is 1. The second-order valence-corrected chi connectivity index (χ2v) is 4.44. The number of halogens is 1. The van der Waals surface area contributed by atoms with E-state index in [9.17, 15) is 0 Å². The molecule has 0 radical (unpaired) electrons. The van der Waals surface area contributed by atoms with Crippen molar-refractivity contribution >= 4 is 29.1 Å². The van der Waals surface area contributed by atoms with Gasteiger partial charge in [-0.25, -0.2) is 9.97 Å². The second kappa shape index (κ2) is 5.18. The van der Waals surface area contributed by atoms with Crippen molar-refractivity contribution in [2.75, 3.05) is 11.1 Å². The highest BCUT2D eigenvalue weighted by molar-refractivity contribution is 6.32. The third kappa shape index (κ3) is 2.41. The molecule has 2 aromatic heterocycles. The highest BCUT2D eigenvalue weighted by Crippen LogP contribution is 2.29. The van der Waals surface area contributed by atoms with Gasteiger partial charge in [0.15, 0.2) is 5.82 Å². The summed E-state index contributed by atoms with van der Waals surface area (Å²) in [7, 11) is 0.